The van der Waals surface area contributed by atoms with E-state index in [0.717, 1.165) is 31.4 Å². The summed E-state index contributed by atoms with van der Waals surface area (Å²) >= 11 is 0. The number of piperidine rings is 1. The number of H-pyrrole nitrogens is 1. The normalized spacial score (nSPS) is 18.6. The van der Waals surface area contributed by atoms with Gasteiger partial charge in [0.25, 0.3) is 0 Å². The van der Waals surface area contributed by atoms with Gasteiger partial charge in [0.2, 0.25) is 5.95 Å². The Kier molecular flexibility index (Phi) is 3.96. The van der Waals surface area contributed by atoms with E-state index in [4.69, 9.17) is 0 Å². The van der Waals surface area contributed by atoms with Crippen molar-refractivity contribution in [3.8, 4) is 17.0 Å². The van der Waals surface area contributed by atoms with Crippen molar-refractivity contribution in [2.75, 3.05) is 25.5 Å². The molecule has 1 fully saturated rings. The minimum atomic E-state index is 0.0903. The van der Waals surface area contributed by atoms with Crippen LogP contribution < -0.4 is 5.32 Å². The Morgan fingerprint density at radius 3 is 3.00 bits per heavy atom. The van der Waals surface area contributed by atoms with Gasteiger partial charge in [0.15, 0.2) is 5.75 Å². The third kappa shape index (κ3) is 3.00. The second-order valence-electron chi connectivity index (χ2n) is 6.58. The van der Waals surface area contributed by atoms with Crippen molar-refractivity contribution in [3.05, 3.63) is 24.2 Å². The number of phenolic OH excluding ortho intramolecular Hbond substituents is 1. The van der Waals surface area contributed by atoms with Crippen LogP contribution in [0, 0.1) is 6.92 Å². The number of nitrogens with zero attached hydrogens (tertiary/aromatic N) is 5. The zero-order valence-corrected chi connectivity index (χ0v) is 14.3. The molecule has 8 nitrogen and oxygen atoms in total. The summed E-state index contributed by atoms with van der Waals surface area (Å²) in [6.07, 6.45) is 3.82. The number of aromatic nitrogens is 5. The van der Waals surface area contributed by atoms with Crippen LogP contribution in [0.2, 0.25) is 0 Å². The number of rotatable bonds is 3. The first kappa shape index (κ1) is 15.8. The second kappa shape index (κ2) is 6.29. The van der Waals surface area contributed by atoms with E-state index in [-0.39, 0.29) is 5.75 Å². The fourth-order valence-electron chi connectivity index (χ4n) is 3.36. The highest BCUT2D eigenvalue weighted by molar-refractivity contribution is 5.89. The van der Waals surface area contributed by atoms with Crippen molar-refractivity contribution < 1.29 is 5.11 Å². The van der Waals surface area contributed by atoms with E-state index in [1.807, 2.05) is 13.0 Å². The summed E-state index contributed by atoms with van der Waals surface area (Å²) in [5.41, 5.74) is 3.16. The number of phenols is 1. The highest BCUT2D eigenvalue weighted by atomic mass is 16.3. The number of hydrogen-bond acceptors (Lipinski definition) is 7. The number of anilines is 1. The molecule has 0 bridgehead atoms. The van der Waals surface area contributed by atoms with Crippen LogP contribution >= 0.6 is 0 Å². The summed E-state index contributed by atoms with van der Waals surface area (Å²) in [5.74, 6) is 0.620. The molecule has 0 radical (unpaired) electrons. The minimum Gasteiger partial charge on any atom is -0.505 e. The topological polar surface area (TPSA) is 103 Å². The van der Waals surface area contributed by atoms with Crippen molar-refractivity contribution in [1.29, 1.82) is 0 Å². The molecule has 25 heavy (non-hydrogen) atoms. The quantitative estimate of drug-likeness (QED) is 0.670. The van der Waals surface area contributed by atoms with Gasteiger partial charge in [0.1, 0.15) is 11.2 Å². The highest BCUT2D eigenvalue weighted by Crippen LogP contribution is 2.34. The lowest BCUT2D eigenvalue weighted by molar-refractivity contribution is 0.260. The SMILES string of the molecule is Cc1nc(N[C@@H]2CCCN(C)C2)nnc1-c1ccc2[nH]cnc2c1O. The van der Waals surface area contributed by atoms with Gasteiger partial charge in [-0.25, -0.2) is 9.97 Å². The standard InChI is InChI=1S/C17H21N7O/c1-10-14(12-5-6-13-15(16(12)25)19-9-18-13)22-23-17(20-10)21-11-4-3-7-24(2)8-11/h5-6,9,11,25H,3-4,7-8H2,1-2H3,(H,18,19)(H,20,21,23)/t11-/m1/s1. The lowest BCUT2D eigenvalue weighted by Crippen LogP contribution is -2.40. The molecule has 0 unspecified atom stereocenters. The summed E-state index contributed by atoms with van der Waals surface area (Å²) in [6, 6.07) is 4.00. The smallest absolute Gasteiger partial charge is 0.243 e. The molecule has 4 rings (SSSR count). The fourth-order valence-corrected chi connectivity index (χ4v) is 3.36. The molecule has 1 saturated heterocycles. The molecule has 0 aliphatic carbocycles. The van der Waals surface area contributed by atoms with Gasteiger partial charge in [-0.15, -0.1) is 10.2 Å². The molecule has 0 amide bonds. The molecule has 2 aromatic heterocycles. The Morgan fingerprint density at radius 1 is 1.32 bits per heavy atom. The number of benzene rings is 1. The Morgan fingerprint density at radius 2 is 2.20 bits per heavy atom. The number of likely N-dealkylation sites (N-methyl/N-ethyl adjacent to an activating group) is 1. The molecular weight excluding hydrogens is 318 g/mol. The zero-order chi connectivity index (χ0) is 17.4. The van der Waals surface area contributed by atoms with Crippen molar-refractivity contribution in [1.82, 2.24) is 30.0 Å². The van der Waals surface area contributed by atoms with E-state index >= 15 is 0 Å². The van der Waals surface area contributed by atoms with Crippen LogP contribution in [-0.2, 0) is 0 Å². The van der Waals surface area contributed by atoms with Crippen molar-refractivity contribution in [2.45, 2.75) is 25.8 Å². The number of fused-ring (bicyclic) bond motifs is 1. The van der Waals surface area contributed by atoms with E-state index in [9.17, 15) is 5.11 Å². The maximum atomic E-state index is 10.5. The highest BCUT2D eigenvalue weighted by Gasteiger charge is 2.19. The first-order chi connectivity index (χ1) is 12.1. The zero-order valence-electron chi connectivity index (χ0n) is 14.3. The van der Waals surface area contributed by atoms with Gasteiger partial charge in [-0.3, -0.25) is 0 Å². The minimum absolute atomic E-state index is 0.0903. The van der Waals surface area contributed by atoms with Crippen molar-refractivity contribution >= 4 is 17.0 Å². The number of aromatic hydroxyl groups is 1. The predicted molar refractivity (Wildman–Crippen MR) is 95.5 cm³/mol. The number of imidazole rings is 1. The van der Waals surface area contributed by atoms with E-state index in [1.165, 1.54) is 0 Å². The molecule has 3 heterocycles. The van der Waals surface area contributed by atoms with Gasteiger partial charge >= 0.3 is 0 Å². The average molecular weight is 339 g/mol. The lowest BCUT2D eigenvalue weighted by Gasteiger charge is -2.30. The first-order valence-electron chi connectivity index (χ1n) is 8.43. The van der Waals surface area contributed by atoms with Crippen LogP contribution in [0.25, 0.3) is 22.3 Å². The van der Waals surface area contributed by atoms with Crippen LogP contribution in [0.3, 0.4) is 0 Å². The largest absolute Gasteiger partial charge is 0.505 e. The maximum Gasteiger partial charge on any atom is 0.243 e. The van der Waals surface area contributed by atoms with E-state index in [2.05, 4.69) is 42.4 Å². The monoisotopic (exact) mass is 339 g/mol. The van der Waals surface area contributed by atoms with Gasteiger partial charge in [0.05, 0.1) is 17.5 Å². The van der Waals surface area contributed by atoms with Gasteiger partial charge in [-0.2, -0.15) is 0 Å². The molecule has 130 valence electrons. The number of aromatic amines is 1. The number of likely N-dealkylation sites (tertiary alicyclic amines) is 1. The number of aryl methyl sites for hydroxylation is 1. The van der Waals surface area contributed by atoms with Crippen LogP contribution in [-0.4, -0.2) is 61.3 Å². The molecule has 0 saturated carbocycles. The number of hydrogen-bond donors (Lipinski definition) is 3. The molecule has 1 aromatic carbocycles. The molecule has 3 aromatic rings. The molecule has 1 aliphatic heterocycles. The Balaban J connectivity index is 1.61. The molecule has 1 atom stereocenters. The fraction of sp³-hybridized carbons (Fsp3) is 0.412. The Labute approximate surface area is 145 Å². The van der Waals surface area contributed by atoms with E-state index in [1.54, 1.807) is 12.4 Å². The van der Waals surface area contributed by atoms with E-state index < -0.39 is 0 Å². The molecule has 0 spiro atoms. The van der Waals surface area contributed by atoms with Crippen LogP contribution in [0.1, 0.15) is 18.5 Å². The third-order valence-electron chi connectivity index (χ3n) is 4.64. The third-order valence-corrected chi connectivity index (χ3v) is 4.64. The van der Waals surface area contributed by atoms with Crippen LogP contribution in [0.15, 0.2) is 18.5 Å². The molecule has 8 heteroatoms. The Hall–Kier alpha value is -2.74. The molecule has 3 N–H and O–H groups in total. The summed E-state index contributed by atoms with van der Waals surface area (Å²) < 4.78 is 0. The van der Waals surface area contributed by atoms with Crippen LogP contribution in [0.4, 0.5) is 5.95 Å². The molecule has 1 aliphatic rings. The molecular formula is C17H21N7O. The average Bonchev–Trinajstić information content (AvgIpc) is 3.06. The van der Waals surface area contributed by atoms with Gasteiger partial charge < -0.3 is 20.3 Å². The van der Waals surface area contributed by atoms with Gasteiger partial charge in [0, 0.05) is 18.2 Å². The first-order valence-corrected chi connectivity index (χ1v) is 8.43. The lowest BCUT2D eigenvalue weighted by atomic mass is 10.1. The van der Waals surface area contributed by atoms with Gasteiger partial charge in [-0.1, -0.05) is 0 Å². The van der Waals surface area contributed by atoms with E-state index in [0.29, 0.717) is 34.5 Å². The maximum absolute atomic E-state index is 10.5. The summed E-state index contributed by atoms with van der Waals surface area (Å²) in [6.45, 7) is 3.97. The summed E-state index contributed by atoms with van der Waals surface area (Å²) in [5, 5.41) is 22.4. The summed E-state index contributed by atoms with van der Waals surface area (Å²) in [4.78, 5) is 14.0. The summed E-state index contributed by atoms with van der Waals surface area (Å²) in [7, 11) is 2.12. The van der Waals surface area contributed by atoms with Gasteiger partial charge in [-0.05, 0) is 45.5 Å². The second-order valence-corrected chi connectivity index (χ2v) is 6.58. The number of nitrogens with one attached hydrogen (secondary N) is 2. The van der Waals surface area contributed by atoms with Crippen LogP contribution in [0.5, 0.6) is 5.75 Å². The van der Waals surface area contributed by atoms with Crippen molar-refractivity contribution in [2.24, 2.45) is 0 Å². The predicted octanol–water partition coefficient (Wildman–Crippen LogP) is 1.94. The Bertz CT molecular complexity index is 907. The van der Waals surface area contributed by atoms with Crippen molar-refractivity contribution in [3.63, 3.8) is 0 Å².